The number of nitrogens with zero attached hydrogens (tertiary/aromatic N) is 4. The number of aryl methyl sites for hydroxylation is 1. The Balaban J connectivity index is 1.34. The van der Waals surface area contributed by atoms with Crippen molar-refractivity contribution in [1.82, 2.24) is 24.9 Å². The fourth-order valence-corrected chi connectivity index (χ4v) is 6.64. The maximum absolute atomic E-state index is 15.7. The summed E-state index contributed by atoms with van der Waals surface area (Å²) in [7, 11) is 1.96. The molecule has 0 radical (unpaired) electrons. The van der Waals surface area contributed by atoms with E-state index in [4.69, 9.17) is 0 Å². The summed E-state index contributed by atoms with van der Waals surface area (Å²) in [5, 5.41) is 12.3. The van der Waals surface area contributed by atoms with Crippen LogP contribution in [0.3, 0.4) is 0 Å². The molecule has 3 aliphatic rings. The molecule has 13 heteroatoms. The Hall–Kier alpha value is -3.87. The van der Waals surface area contributed by atoms with Gasteiger partial charge in [0.15, 0.2) is 5.67 Å². The average molecular weight is 656 g/mol. The topological polar surface area (TPSA) is 129 Å². The maximum atomic E-state index is 15.7. The van der Waals surface area contributed by atoms with Crippen LogP contribution < -0.4 is 16.0 Å². The molecule has 0 bridgehead atoms. The van der Waals surface area contributed by atoms with Crippen LogP contribution in [0.5, 0.6) is 0 Å². The van der Waals surface area contributed by atoms with E-state index >= 15 is 4.39 Å². The summed E-state index contributed by atoms with van der Waals surface area (Å²) in [6.45, 7) is 6.39. The minimum absolute atomic E-state index is 0.0948. The molecule has 1 aromatic carbocycles. The molecule has 47 heavy (non-hydrogen) atoms. The standard InChI is InChI=1S/C34H47F2N7O4/c1-4-43-27(13-16-37-43)39-31(45)28(23-9-7-5-6-8-10-23)30(44)38-26-12-11-24(21-25(26)35)22(2)29(40-33(47)34(36)14-15-34)32(46)42-19-17-41(3)18-20-42/h11-13,16,21-23,28-29H,4-10,14-15,17-20H2,1-3H3,(H,38,44)(H,39,45)(H,40,47)/t22-,28-,29+/m0/s1. The Kier molecular flexibility index (Phi) is 10.9. The molecule has 4 amide bonds. The van der Waals surface area contributed by atoms with E-state index in [1.807, 2.05) is 14.0 Å². The molecule has 5 rings (SSSR count). The van der Waals surface area contributed by atoms with Crippen LogP contribution in [0.25, 0.3) is 0 Å². The first kappa shape index (κ1) is 34.5. The molecule has 256 valence electrons. The van der Waals surface area contributed by atoms with Crippen LogP contribution in [0.15, 0.2) is 30.5 Å². The smallest absolute Gasteiger partial charge is 0.258 e. The summed E-state index contributed by atoms with van der Waals surface area (Å²) in [5.74, 6) is -4.41. The summed E-state index contributed by atoms with van der Waals surface area (Å²) in [4.78, 5) is 57.5. The number of hydrogen-bond acceptors (Lipinski definition) is 6. The third-order valence-corrected chi connectivity index (χ3v) is 9.94. The molecular weight excluding hydrogens is 608 g/mol. The van der Waals surface area contributed by atoms with Crippen LogP contribution in [-0.2, 0) is 25.7 Å². The largest absolute Gasteiger partial charge is 0.341 e. The fraction of sp³-hybridized carbons (Fsp3) is 0.618. The minimum Gasteiger partial charge on any atom is -0.341 e. The molecule has 2 heterocycles. The van der Waals surface area contributed by atoms with Crippen molar-refractivity contribution >= 4 is 35.1 Å². The van der Waals surface area contributed by atoms with Gasteiger partial charge in [-0.05, 0) is 63.3 Å². The molecule has 0 unspecified atom stereocenters. The molecule has 3 N–H and O–H groups in total. The van der Waals surface area contributed by atoms with Gasteiger partial charge in [-0.15, -0.1) is 0 Å². The van der Waals surface area contributed by atoms with Crippen molar-refractivity contribution in [2.24, 2.45) is 11.8 Å². The second kappa shape index (κ2) is 14.9. The van der Waals surface area contributed by atoms with E-state index in [1.54, 1.807) is 34.8 Å². The van der Waals surface area contributed by atoms with Crippen molar-refractivity contribution in [2.75, 3.05) is 43.9 Å². The van der Waals surface area contributed by atoms with Gasteiger partial charge >= 0.3 is 0 Å². The number of nitrogens with one attached hydrogen (secondary N) is 3. The van der Waals surface area contributed by atoms with Crippen molar-refractivity contribution in [3.63, 3.8) is 0 Å². The lowest BCUT2D eigenvalue weighted by molar-refractivity contribution is -0.140. The highest BCUT2D eigenvalue weighted by atomic mass is 19.1. The van der Waals surface area contributed by atoms with Gasteiger partial charge in [0.1, 0.15) is 23.6 Å². The number of aromatic nitrogens is 2. The molecule has 1 aliphatic heterocycles. The lowest BCUT2D eigenvalue weighted by Gasteiger charge is -2.36. The number of piperazine rings is 1. The number of rotatable bonds is 11. The summed E-state index contributed by atoms with van der Waals surface area (Å²) in [5.41, 5.74) is -1.67. The number of halogens is 2. The number of hydrogen-bond donors (Lipinski definition) is 3. The molecule has 0 spiro atoms. The van der Waals surface area contributed by atoms with Gasteiger partial charge in [0, 0.05) is 44.7 Å². The zero-order valence-corrected chi connectivity index (χ0v) is 27.6. The third-order valence-electron chi connectivity index (χ3n) is 9.94. The zero-order chi connectivity index (χ0) is 33.7. The van der Waals surface area contributed by atoms with Gasteiger partial charge in [-0.3, -0.25) is 19.2 Å². The first-order valence-corrected chi connectivity index (χ1v) is 16.9. The summed E-state index contributed by atoms with van der Waals surface area (Å²) < 4.78 is 32.0. The Morgan fingerprint density at radius 3 is 2.26 bits per heavy atom. The van der Waals surface area contributed by atoms with E-state index in [9.17, 15) is 23.6 Å². The lowest BCUT2D eigenvalue weighted by Crippen LogP contribution is -2.56. The summed E-state index contributed by atoms with van der Waals surface area (Å²) >= 11 is 0. The van der Waals surface area contributed by atoms with Crippen LogP contribution in [0.1, 0.15) is 76.7 Å². The highest BCUT2D eigenvalue weighted by Crippen LogP contribution is 2.40. The average Bonchev–Trinajstić information content (AvgIpc) is 3.74. The van der Waals surface area contributed by atoms with Crippen LogP contribution in [0.4, 0.5) is 20.3 Å². The van der Waals surface area contributed by atoms with Crippen molar-refractivity contribution < 1.29 is 28.0 Å². The molecule has 1 saturated heterocycles. The molecule has 3 fully saturated rings. The van der Waals surface area contributed by atoms with Crippen molar-refractivity contribution in [1.29, 1.82) is 0 Å². The maximum Gasteiger partial charge on any atom is 0.258 e. The molecule has 1 aromatic heterocycles. The molecule has 2 aliphatic carbocycles. The Bertz CT molecular complexity index is 1450. The number of carbonyl (C=O) groups excluding carboxylic acids is 4. The third kappa shape index (κ3) is 8.17. The van der Waals surface area contributed by atoms with E-state index in [0.29, 0.717) is 56.9 Å². The Labute approximate surface area is 274 Å². The van der Waals surface area contributed by atoms with Crippen molar-refractivity contribution in [2.45, 2.75) is 89.4 Å². The van der Waals surface area contributed by atoms with Crippen LogP contribution in [-0.4, -0.2) is 88.1 Å². The van der Waals surface area contributed by atoms with Gasteiger partial charge in [0.25, 0.3) is 5.91 Å². The first-order valence-electron chi connectivity index (χ1n) is 16.9. The lowest BCUT2D eigenvalue weighted by atomic mass is 9.84. The second-order valence-corrected chi connectivity index (χ2v) is 13.3. The molecule has 2 saturated carbocycles. The number of benzene rings is 1. The molecular formula is C34H47F2N7O4. The van der Waals surface area contributed by atoms with E-state index in [-0.39, 0.29) is 30.4 Å². The van der Waals surface area contributed by atoms with Crippen LogP contribution in [0, 0.1) is 17.7 Å². The summed E-state index contributed by atoms with van der Waals surface area (Å²) in [6, 6.07) is 4.79. The second-order valence-electron chi connectivity index (χ2n) is 13.3. The van der Waals surface area contributed by atoms with Gasteiger partial charge < -0.3 is 25.8 Å². The predicted octanol–water partition coefficient (Wildman–Crippen LogP) is 4.07. The SMILES string of the molecule is CCn1nccc1NC(=O)[C@H](C(=O)Nc1ccc([C@H](C)[C@@H](NC(=O)C2(F)CC2)C(=O)N2CCN(C)CC2)cc1F)C1CCCCCC1. The summed E-state index contributed by atoms with van der Waals surface area (Å²) in [6.07, 6.45) is 7.10. The quantitative estimate of drug-likeness (QED) is 0.248. The van der Waals surface area contributed by atoms with E-state index in [2.05, 4.69) is 25.9 Å². The van der Waals surface area contributed by atoms with E-state index in [0.717, 1.165) is 25.7 Å². The van der Waals surface area contributed by atoms with Crippen molar-refractivity contribution in [3.8, 4) is 0 Å². The highest BCUT2D eigenvalue weighted by molar-refractivity contribution is 6.11. The van der Waals surface area contributed by atoms with Gasteiger partial charge in [0.2, 0.25) is 17.7 Å². The van der Waals surface area contributed by atoms with Gasteiger partial charge in [-0.2, -0.15) is 5.10 Å². The number of likely N-dealkylation sites (N-methyl/N-ethyl adjacent to an activating group) is 1. The van der Waals surface area contributed by atoms with Gasteiger partial charge in [-0.1, -0.05) is 38.7 Å². The number of carbonyl (C=O) groups is 4. The minimum atomic E-state index is -1.98. The van der Waals surface area contributed by atoms with E-state index < -0.39 is 47.1 Å². The number of alkyl halides is 1. The predicted molar refractivity (Wildman–Crippen MR) is 174 cm³/mol. The van der Waals surface area contributed by atoms with E-state index in [1.165, 1.54) is 12.1 Å². The Morgan fingerprint density at radius 1 is 0.979 bits per heavy atom. The normalized spacial score (nSPS) is 20.4. The van der Waals surface area contributed by atoms with Gasteiger partial charge in [0.05, 0.1) is 11.9 Å². The first-order chi connectivity index (χ1) is 22.5. The monoisotopic (exact) mass is 655 g/mol. The van der Waals surface area contributed by atoms with Crippen LogP contribution >= 0.6 is 0 Å². The van der Waals surface area contributed by atoms with Gasteiger partial charge in [-0.25, -0.2) is 13.5 Å². The number of amides is 4. The Morgan fingerprint density at radius 2 is 1.64 bits per heavy atom. The molecule has 11 nitrogen and oxygen atoms in total. The molecule has 2 aromatic rings. The fourth-order valence-electron chi connectivity index (χ4n) is 6.64. The van der Waals surface area contributed by atoms with Crippen LogP contribution in [0.2, 0.25) is 0 Å². The molecule has 3 atom stereocenters. The number of anilines is 2. The van der Waals surface area contributed by atoms with Crippen molar-refractivity contribution in [3.05, 3.63) is 41.8 Å². The zero-order valence-electron chi connectivity index (χ0n) is 27.6. The highest BCUT2D eigenvalue weighted by Gasteiger charge is 2.52.